The Bertz CT molecular complexity index is 1580. The van der Waals surface area contributed by atoms with Gasteiger partial charge >= 0.3 is 16.1 Å². The summed E-state index contributed by atoms with van der Waals surface area (Å²) in [6.07, 6.45) is 1.25. The average Bonchev–Trinajstić information content (AvgIpc) is 2.81. The third kappa shape index (κ3) is 5.75. The Morgan fingerprint density at radius 3 is 2.14 bits per heavy atom. The minimum atomic E-state index is -4.14. The predicted molar refractivity (Wildman–Crippen MR) is 146 cm³/mol. The zero-order valence-electron chi connectivity index (χ0n) is 18.6. The van der Waals surface area contributed by atoms with Crippen LogP contribution >= 0.6 is 55.1 Å². The zero-order chi connectivity index (χ0) is 27.1. The first-order chi connectivity index (χ1) is 17.4. The number of nitrogens with one attached hydrogen (secondary N) is 1. The fraction of sp³-hybridized carbons (Fsp3) is 0.0417. The van der Waals surface area contributed by atoms with E-state index >= 15 is 0 Å². The number of amides is 4. The van der Waals surface area contributed by atoms with Crippen molar-refractivity contribution in [3.8, 4) is 5.75 Å². The SMILES string of the molecule is Cc1ccc(S(=O)(=O)Oc2c(Br)cc(/C=C3\C(=O)NC(=O)N(c4ccc(Cl)c(Cl)c4)C3=O)cc2Br)cc1. The van der Waals surface area contributed by atoms with Gasteiger partial charge in [0.2, 0.25) is 0 Å². The predicted octanol–water partition coefficient (Wildman–Crippen LogP) is 6.26. The first kappa shape index (κ1) is 27.3. The molecule has 0 radical (unpaired) electrons. The number of imide groups is 2. The van der Waals surface area contributed by atoms with Gasteiger partial charge in [0.15, 0.2) is 5.75 Å². The molecule has 0 aliphatic carbocycles. The third-order valence-corrected chi connectivity index (χ3v) is 8.25. The maximum absolute atomic E-state index is 13.1. The molecule has 0 aromatic heterocycles. The van der Waals surface area contributed by atoms with Gasteiger partial charge in [-0.3, -0.25) is 14.9 Å². The van der Waals surface area contributed by atoms with Crippen molar-refractivity contribution < 1.29 is 27.0 Å². The van der Waals surface area contributed by atoms with Gasteiger partial charge in [0, 0.05) is 0 Å². The number of hydrogen-bond acceptors (Lipinski definition) is 6. The zero-order valence-corrected chi connectivity index (χ0v) is 24.1. The molecule has 0 bridgehead atoms. The number of benzene rings is 3. The summed E-state index contributed by atoms with van der Waals surface area (Å²) in [4.78, 5) is 38.8. The highest BCUT2D eigenvalue weighted by atomic mass is 79.9. The fourth-order valence-electron chi connectivity index (χ4n) is 3.29. The number of halogens is 4. The van der Waals surface area contributed by atoms with Crippen LogP contribution in [0.15, 0.2) is 74.0 Å². The lowest BCUT2D eigenvalue weighted by atomic mass is 10.1. The number of barbiturate groups is 1. The molecule has 1 heterocycles. The first-order valence-corrected chi connectivity index (χ1v) is 14.0. The Kier molecular flexibility index (Phi) is 7.82. The van der Waals surface area contributed by atoms with Crippen LogP contribution in [0, 0.1) is 6.92 Å². The van der Waals surface area contributed by atoms with Crippen molar-refractivity contribution in [2.24, 2.45) is 0 Å². The topological polar surface area (TPSA) is 110 Å². The summed E-state index contributed by atoms with van der Waals surface area (Å²) in [5.41, 5.74) is 0.994. The molecule has 1 aliphatic rings. The highest BCUT2D eigenvalue weighted by Crippen LogP contribution is 2.38. The first-order valence-electron chi connectivity index (χ1n) is 10.2. The second-order valence-corrected chi connectivity index (χ2v) is 11.8. The van der Waals surface area contributed by atoms with Crippen molar-refractivity contribution in [3.63, 3.8) is 0 Å². The monoisotopic (exact) mass is 686 g/mol. The van der Waals surface area contributed by atoms with Crippen LogP contribution in [0.3, 0.4) is 0 Å². The Morgan fingerprint density at radius 2 is 1.54 bits per heavy atom. The summed E-state index contributed by atoms with van der Waals surface area (Å²) in [6.45, 7) is 1.83. The van der Waals surface area contributed by atoms with Crippen molar-refractivity contribution in [2.75, 3.05) is 4.90 Å². The van der Waals surface area contributed by atoms with Crippen molar-refractivity contribution >= 4 is 94.8 Å². The van der Waals surface area contributed by atoms with E-state index in [0.717, 1.165) is 10.5 Å². The molecule has 1 aliphatic heterocycles. The molecule has 3 aromatic rings. The molecule has 1 N–H and O–H groups in total. The van der Waals surface area contributed by atoms with Gasteiger partial charge in [-0.15, -0.1) is 0 Å². The van der Waals surface area contributed by atoms with E-state index in [4.69, 9.17) is 27.4 Å². The van der Waals surface area contributed by atoms with Gasteiger partial charge in [-0.05, 0) is 92.9 Å². The second-order valence-electron chi connectivity index (χ2n) is 7.72. The molecule has 37 heavy (non-hydrogen) atoms. The minimum Gasteiger partial charge on any atom is -0.377 e. The van der Waals surface area contributed by atoms with E-state index in [9.17, 15) is 22.8 Å². The standard InChI is InChI=1S/C24H14Br2Cl2N2O6S/c1-12-2-5-15(6-3-12)37(34,35)36-21-17(25)9-13(10-18(21)26)8-16-22(31)29-24(33)30(23(16)32)14-4-7-19(27)20(28)11-14/h2-11H,1H3,(H,29,31,33)/b16-8+. The Balaban J connectivity index is 1.67. The summed E-state index contributed by atoms with van der Waals surface area (Å²) < 4.78 is 31.2. The molecule has 0 saturated carbocycles. The summed E-state index contributed by atoms with van der Waals surface area (Å²) in [5.74, 6) is -1.82. The summed E-state index contributed by atoms with van der Waals surface area (Å²) in [6, 6.07) is 12.3. The maximum atomic E-state index is 13.1. The van der Waals surface area contributed by atoms with Crippen LogP contribution in [0.2, 0.25) is 10.0 Å². The van der Waals surface area contributed by atoms with Gasteiger partial charge < -0.3 is 4.18 Å². The number of nitrogens with zero attached hydrogens (tertiary/aromatic N) is 1. The lowest BCUT2D eigenvalue weighted by molar-refractivity contribution is -0.122. The third-order valence-electron chi connectivity index (χ3n) is 5.10. The molecule has 0 unspecified atom stereocenters. The van der Waals surface area contributed by atoms with E-state index in [1.54, 1.807) is 12.1 Å². The van der Waals surface area contributed by atoms with Gasteiger partial charge in [-0.25, -0.2) is 9.69 Å². The van der Waals surface area contributed by atoms with Gasteiger partial charge in [-0.1, -0.05) is 40.9 Å². The highest BCUT2D eigenvalue weighted by Gasteiger charge is 2.37. The quantitative estimate of drug-likeness (QED) is 0.193. The molecular weight excluding hydrogens is 675 g/mol. The average molecular weight is 689 g/mol. The molecule has 4 amide bonds. The molecule has 1 saturated heterocycles. The van der Waals surface area contributed by atoms with Gasteiger partial charge in [0.05, 0.1) is 24.7 Å². The molecule has 8 nitrogen and oxygen atoms in total. The van der Waals surface area contributed by atoms with Gasteiger partial charge in [0.25, 0.3) is 11.8 Å². The molecule has 1 fully saturated rings. The van der Waals surface area contributed by atoms with Gasteiger partial charge in [0.1, 0.15) is 10.5 Å². The lowest BCUT2D eigenvalue weighted by Crippen LogP contribution is -2.54. The van der Waals surface area contributed by atoms with Crippen LogP contribution in [-0.4, -0.2) is 26.3 Å². The number of carbonyl (C=O) groups is 3. The van der Waals surface area contributed by atoms with Crippen molar-refractivity contribution in [1.29, 1.82) is 0 Å². The van der Waals surface area contributed by atoms with Crippen LogP contribution in [-0.2, 0) is 19.7 Å². The van der Waals surface area contributed by atoms with Crippen LogP contribution in [0.4, 0.5) is 10.5 Å². The summed E-state index contributed by atoms with van der Waals surface area (Å²) >= 11 is 18.5. The van der Waals surface area contributed by atoms with Crippen molar-refractivity contribution in [1.82, 2.24) is 5.32 Å². The Hall–Kier alpha value is -2.70. The molecule has 13 heteroatoms. The van der Waals surface area contributed by atoms with E-state index < -0.39 is 28.0 Å². The number of anilines is 1. The molecule has 0 atom stereocenters. The minimum absolute atomic E-state index is 0.0281. The Labute approximate surface area is 238 Å². The molecular formula is C24H14Br2Cl2N2O6S. The van der Waals surface area contributed by atoms with Crippen molar-refractivity contribution in [3.05, 3.63) is 90.3 Å². The summed E-state index contributed by atoms with van der Waals surface area (Å²) in [7, 11) is -4.14. The number of hydrogen-bond donors (Lipinski definition) is 1. The van der Waals surface area contributed by atoms with E-state index in [1.165, 1.54) is 48.5 Å². The van der Waals surface area contributed by atoms with E-state index in [2.05, 4.69) is 37.2 Å². The van der Waals surface area contributed by atoms with Crippen LogP contribution in [0.5, 0.6) is 5.75 Å². The van der Waals surface area contributed by atoms with Crippen LogP contribution < -0.4 is 14.4 Å². The van der Waals surface area contributed by atoms with Crippen LogP contribution in [0.1, 0.15) is 11.1 Å². The number of urea groups is 1. The molecule has 190 valence electrons. The van der Waals surface area contributed by atoms with E-state index in [1.807, 2.05) is 6.92 Å². The lowest BCUT2D eigenvalue weighted by Gasteiger charge is -2.26. The molecule has 3 aromatic carbocycles. The normalized spacial score (nSPS) is 15.2. The summed E-state index contributed by atoms with van der Waals surface area (Å²) in [5, 5.41) is 2.45. The molecule has 0 spiro atoms. The molecule has 4 rings (SSSR count). The highest BCUT2D eigenvalue weighted by molar-refractivity contribution is 9.11. The maximum Gasteiger partial charge on any atom is 0.339 e. The number of carbonyl (C=O) groups excluding carboxylic acids is 3. The van der Waals surface area contributed by atoms with E-state index in [0.29, 0.717) is 5.56 Å². The Morgan fingerprint density at radius 1 is 0.919 bits per heavy atom. The second kappa shape index (κ2) is 10.6. The van der Waals surface area contributed by atoms with Crippen LogP contribution in [0.25, 0.3) is 6.08 Å². The fourth-order valence-corrected chi connectivity index (χ4v) is 6.14. The smallest absolute Gasteiger partial charge is 0.339 e. The number of aryl methyl sites for hydroxylation is 1. The van der Waals surface area contributed by atoms with Gasteiger partial charge in [-0.2, -0.15) is 8.42 Å². The van der Waals surface area contributed by atoms with E-state index in [-0.39, 0.29) is 40.9 Å². The van der Waals surface area contributed by atoms with Crippen molar-refractivity contribution in [2.45, 2.75) is 11.8 Å². The largest absolute Gasteiger partial charge is 0.377 e. The number of rotatable bonds is 5.